The van der Waals surface area contributed by atoms with Gasteiger partial charge in [-0.05, 0) is 62.2 Å². The standard InChI is InChI=1S/C21H21ClN4O2/c1-13(19-24-17-9-8-16(22)12-18(17)25-19)23-20(27)14-4-6-15(7-5-14)21(28)26-10-2-3-11-26/h4-9,12-13H,2-3,10-11H2,1H3,(H,23,27)(H,24,25). The summed E-state index contributed by atoms with van der Waals surface area (Å²) in [5, 5.41) is 3.55. The van der Waals surface area contributed by atoms with E-state index in [-0.39, 0.29) is 17.9 Å². The molecule has 1 aliphatic heterocycles. The van der Waals surface area contributed by atoms with E-state index in [0.29, 0.717) is 22.0 Å². The first-order chi connectivity index (χ1) is 13.5. The van der Waals surface area contributed by atoms with E-state index in [4.69, 9.17) is 11.6 Å². The zero-order valence-corrected chi connectivity index (χ0v) is 16.3. The molecule has 0 spiro atoms. The Kier molecular flexibility index (Phi) is 5.05. The van der Waals surface area contributed by atoms with Crippen LogP contribution in [0, 0.1) is 0 Å². The van der Waals surface area contributed by atoms with Crippen molar-refractivity contribution in [2.75, 3.05) is 13.1 Å². The van der Waals surface area contributed by atoms with Gasteiger partial charge < -0.3 is 15.2 Å². The number of amides is 2. The van der Waals surface area contributed by atoms with E-state index >= 15 is 0 Å². The molecular formula is C21H21ClN4O2. The van der Waals surface area contributed by atoms with Gasteiger partial charge >= 0.3 is 0 Å². The molecule has 4 rings (SSSR count). The van der Waals surface area contributed by atoms with Crippen LogP contribution in [-0.2, 0) is 0 Å². The molecule has 0 radical (unpaired) electrons. The molecule has 1 atom stereocenters. The van der Waals surface area contributed by atoms with E-state index in [1.807, 2.05) is 17.9 Å². The number of carbonyl (C=O) groups excluding carboxylic acids is 2. The van der Waals surface area contributed by atoms with Crippen molar-refractivity contribution < 1.29 is 9.59 Å². The Morgan fingerprint density at radius 1 is 1.11 bits per heavy atom. The summed E-state index contributed by atoms with van der Waals surface area (Å²) in [6.45, 7) is 3.48. The maximum Gasteiger partial charge on any atom is 0.253 e. The Morgan fingerprint density at radius 2 is 1.79 bits per heavy atom. The molecule has 0 aliphatic carbocycles. The van der Waals surface area contributed by atoms with E-state index in [2.05, 4.69) is 15.3 Å². The molecule has 28 heavy (non-hydrogen) atoms. The number of benzene rings is 2. The smallest absolute Gasteiger partial charge is 0.253 e. The Hall–Kier alpha value is -2.86. The van der Waals surface area contributed by atoms with Crippen molar-refractivity contribution in [3.8, 4) is 0 Å². The fourth-order valence-electron chi connectivity index (χ4n) is 3.42. The quantitative estimate of drug-likeness (QED) is 0.701. The number of hydrogen-bond donors (Lipinski definition) is 2. The lowest BCUT2D eigenvalue weighted by atomic mass is 10.1. The highest BCUT2D eigenvalue weighted by Gasteiger charge is 2.20. The normalized spacial score (nSPS) is 15.0. The Labute approximate surface area is 167 Å². The number of likely N-dealkylation sites (tertiary alicyclic amines) is 1. The molecule has 3 aromatic rings. The van der Waals surface area contributed by atoms with Gasteiger partial charge in [0.25, 0.3) is 11.8 Å². The van der Waals surface area contributed by atoms with Gasteiger partial charge in [0.05, 0.1) is 17.1 Å². The number of hydrogen-bond acceptors (Lipinski definition) is 3. The average Bonchev–Trinajstić information content (AvgIpc) is 3.37. The summed E-state index contributed by atoms with van der Waals surface area (Å²) in [5.41, 5.74) is 2.74. The van der Waals surface area contributed by atoms with Crippen molar-refractivity contribution in [2.24, 2.45) is 0 Å². The molecule has 1 unspecified atom stereocenters. The van der Waals surface area contributed by atoms with Crippen LogP contribution in [0.2, 0.25) is 5.02 Å². The number of H-pyrrole nitrogens is 1. The van der Waals surface area contributed by atoms with Gasteiger partial charge in [0.1, 0.15) is 5.82 Å². The van der Waals surface area contributed by atoms with Crippen LogP contribution in [0.3, 0.4) is 0 Å². The highest BCUT2D eigenvalue weighted by atomic mass is 35.5. The van der Waals surface area contributed by atoms with Crippen molar-refractivity contribution in [3.05, 3.63) is 64.4 Å². The molecule has 2 aromatic carbocycles. The maximum absolute atomic E-state index is 12.6. The molecule has 1 aliphatic rings. The number of halogens is 1. The molecule has 1 aromatic heterocycles. The largest absolute Gasteiger partial charge is 0.342 e. The zero-order chi connectivity index (χ0) is 19.7. The number of carbonyl (C=O) groups is 2. The first kappa shape index (κ1) is 18.5. The lowest BCUT2D eigenvalue weighted by Gasteiger charge is -2.15. The van der Waals surface area contributed by atoms with Gasteiger partial charge in [0.15, 0.2) is 0 Å². The summed E-state index contributed by atoms with van der Waals surface area (Å²) < 4.78 is 0. The second kappa shape index (κ2) is 7.64. The van der Waals surface area contributed by atoms with E-state index in [9.17, 15) is 9.59 Å². The summed E-state index contributed by atoms with van der Waals surface area (Å²) in [5.74, 6) is 0.469. The number of aromatic amines is 1. The molecule has 2 amide bonds. The fraction of sp³-hybridized carbons (Fsp3) is 0.286. The van der Waals surface area contributed by atoms with Gasteiger partial charge in [-0.3, -0.25) is 9.59 Å². The van der Waals surface area contributed by atoms with Crippen LogP contribution in [0.1, 0.15) is 52.3 Å². The van der Waals surface area contributed by atoms with Crippen molar-refractivity contribution in [1.82, 2.24) is 20.2 Å². The predicted octanol–water partition coefficient (Wildman–Crippen LogP) is 3.94. The minimum atomic E-state index is -0.301. The Morgan fingerprint density at radius 3 is 2.50 bits per heavy atom. The molecule has 6 nitrogen and oxygen atoms in total. The van der Waals surface area contributed by atoms with Gasteiger partial charge in [-0.2, -0.15) is 0 Å². The van der Waals surface area contributed by atoms with Gasteiger partial charge in [-0.25, -0.2) is 4.98 Å². The monoisotopic (exact) mass is 396 g/mol. The number of imidazole rings is 1. The first-order valence-electron chi connectivity index (χ1n) is 9.36. The van der Waals surface area contributed by atoms with Gasteiger partial charge in [0, 0.05) is 29.2 Å². The number of fused-ring (bicyclic) bond motifs is 1. The number of rotatable bonds is 4. The molecule has 0 bridgehead atoms. The topological polar surface area (TPSA) is 78.1 Å². The van der Waals surface area contributed by atoms with Crippen LogP contribution in [0.5, 0.6) is 0 Å². The van der Waals surface area contributed by atoms with Gasteiger partial charge in [-0.15, -0.1) is 0 Å². The van der Waals surface area contributed by atoms with Crippen molar-refractivity contribution in [3.63, 3.8) is 0 Å². The van der Waals surface area contributed by atoms with Gasteiger partial charge in [0.2, 0.25) is 0 Å². The molecular weight excluding hydrogens is 376 g/mol. The fourth-order valence-corrected chi connectivity index (χ4v) is 3.59. The summed E-state index contributed by atoms with van der Waals surface area (Å²) in [4.78, 5) is 34.5. The van der Waals surface area contributed by atoms with Crippen LogP contribution in [0.25, 0.3) is 11.0 Å². The highest BCUT2D eigenvalue weighted by molar-refractivity contribution is 6.31. The zero-order valence-electron chi connectivity index (χ0n) is 15.5. The van der Waals surface area contributed by atoms with Crippen molar-refractivity contribution in [2.45, 2.75) is 25.8 Å². The maximum atomic E-state index is 12.6. The third-order valence-corrected chi connectivity index (χ3v) is 5.24. The van der Waals surface area contributed by atoms with Crippen LogP contribution >= 0.6 is 11.6 Å². The van der Waals surface area contributed by atoms with E-state index in [1.54, 1.807) is 36.4 Å². The highest BCUT2D eigenvalue weighted by Crippen LogP contribution is 2.20. The summed E-state index contributed by atoms with van der Waals surface area (Å²) in [6, 6.07) is 11.9. The van der Waals surface area contributed by atoms with Gasteiger partial charge in [-0.1, -0.05) is 11.6 Å². The summed E-state index contributed by atoms with van der Waals surface area (Å²) in [7, 11) is 0. The second-order valence-electron chi connectivity index (χ2n) is 7.06. The van der Waals surface area contributed by atoms with E-state index in [0.717, 1.165) is 37.0 Å². The van der Waals surface area contributed by atoms with Crippen LogP contribution in [0.4, 0.5) is 0 Å². The lowest BCUT2D eigenvalue weighted by molar-refractivity contribution is 0.0792. The second-order valence-corrected chi connectivity index (χ2v) is 7.49. The lowest BCUT2D eigenvalue weighted by Crippen LogP contribution is -2.28. The van der Waals surface area contributed by atoms with Crippen molar-refractivity contribution in [1.29, 1.82) is 0 Å². The first-order valence-corrected chi connectivity index (χ1v) is 9.74. The van der Waals surface area contributed by atoms with Crippen LogP contribution in [0.15, 0.2) is 42.5 Å². The van der Waals surface area contributed by atoms with Crippen LogP contribution in [-0.4, -0.2) is 39.8 Å². The third-order valence-electron chi connectivity index (χ3n) is 5.01. The SMILES string of the molecule is CC(NC(=O)c1ccc(C(=O)N2CCCC2)cc1)c1nc2cc(Cl)ccc2[nH]1. The Balaban J connectivity index is 1.44. The molecule has 0 saturated carbocycles. The third kappa shape index (κ3) is 3.73. The molecule has 2 N–H and O–H groups in total. The van der Waals surface area contributed by atoms with Crippen molar-refractivity contribution >= 4 is 34.4 Å². The average molecular weight is 397 g/mol. The molecule has 2 heterocycles. The number of aromatic nitrogens is 2. The van der Waals surface area contributed by atoms with E-state index in [1.165, 1.54) is 0 Å². The predicted molar refractivity (Wildman–Crippen MR) is 109 cm³/mol. The molecule has 144 valence electrons. The van der Waals surface area contributed by atoms with Crippen LogP contribution < -0.4 is 5.32 Å². The minimum absolute atomic E-state index is 0.0266. The molecule has 1 fully saturated rings. The summed E-state index contributed by atoms with van der Waals surface area (Å²) >= 11 is 6.00. The summed E-state index contributed by atoms with van der Waals surface area (Å²) in [6.07, 6.45) is 2.11. The number of nitrogens with zero attached hydrogens (tertiary/aromatic N) is 2. The molecule has 7 heteroatoms. The Bertz CT molecular complexity index is 1020. The number of nitrogens with one attached hydrogen (secondary N) is 2. The minimum Gasteiger partial charge on any atom is -0.342 e. The van der Waals surface area contributed by atoms with E-state index < -0.39 is 0 Å². The molecule has 1 saturated heterocycles.